The van der Waals surface area contributed by atoms with Gasteiger partial charge in [0, 0.05) is 18.0 Å². The van der Waals surface area contributed by atoms with Gasteiger partial charge in [0.2, 0.25) is 0 Å². The first kappa shape index (κ1) is 11.2. The van der Waals surface area contributed by atoms with E-state index < -0.39 is 0 Å². The lowest BCUT2D eigenvalue weighted by atomic mass is 9.83. The third-order valence-electron chi connectivity index (χ3n) is 3.46. The average Bonchev–Trinajstić information content (AvgIpc) is 2.73. The van der Waals surface area contributed by atoms with Crippen LogP contribution < -0.4 is 0 Å². The lowest BCUT2D eigenvalue weighted by Gasteiger charge is -2.43. The Morgan fingerprint density at radius 2 is 2.44 bits per heavy atom. The molecular weight excluding hydrogens is 200 g/mol. The van der Waals surface area contributed by atoms with Gasteiger partial charge in [-0.2, -0.15) is 5.26 Å². The second-order valence-corrected chi connectivity index (χ2v) is 5.13. The van der Waals surface area contributed by atoms with Crippen LogP contribution in [0, 0.1) is 17.2 Å². The van der Waals surface area contributed by atoms with Crippen molar-refractivity contribution in [2.24, 2.45) is 5.92 Å². The van der Waals surface area contributed by atoms with E-state index >= 15 is 0 Å². The lowest BCUT2D eigenvalue weighted by Crippen LogP contribution is -2.49. The Morgan fingerprint density at radius 1 is 1.62 bits per heavy atom. The van der Waals surface area contributed by atoms with Crippen molar-refractivity contribution in [1.29, 1.82) is 5.26 Å². The van der Waals surface area contributed by atoms with Crippen LogP contribution in [-0.2, 0) is 6.54 Å². The quantitative estimate of drug-likeness (QED) is 0.766. The SMILES string of the molecule is CC1(C)CC(C#N)CCN1Cc1ccco1. The molecule has 0 N–H and O–H groups in total. The summed E-state index contributed by atoms with van der Waals surface area (Å²) in [6.45, 7) is 6.24. The van der Waals surface area contributed by atoms with Crippen molar-refractivity contribution in [3.63, 3.8) is 0 Å². The summed E-state index contributed by atoms with van der Waals surface area (Å²) in [4.78, 5) is 2.40. The highest BCUT2D eigenvalue weighted by Gasteiger charge is 2.34. The van der Waals surface area contributed by atoms with Gasteiger partial charge >= 0.3 is 0 Å². The summed E-state index contributed by atoms with van der Waals surface area (Å²) in [5.41, 5.74) is 0.0887. The van der Waals surface area contributed by atoms with Gasteiger partial charge in [-0.15, -0.1) is 0 Å². The van der Waals surface area contributed by atoms with E-state index in [9.17, 15) is 0 Å². The molecule has 1 aliphatic heterocycles. The van der Waals surface area contributed by atoms with Gasteiger partial charge in [-0.05, 0) is 38.8 Å². The van der Waals surface area contributed by atoms with E-state index in [0.29, 0.717) is 0 Å². The molecule has 86 valence electrons. The maximum Gasteiger partial charge on any atom is 0.117 e. The molecule has 0 aliphatic carbocycles. The monoisotopic (exact) mass is 218 g/mol. The van der Waals surface area contributed by atoms with Crippen molar-refractivity contribution in [1.82, 2.24) is 4.90 Å². The fourth-order valence-electron chi connectivity index (χ4n) is 2.44. The van der Waals surface area contributed by atoms with Gasteiger partial charge in [0.15, 0.2) is 0 Å². The molecule has 16 heavy (non-hydrogen) atoms. The highest BCUT2D eigenvalue weighted by Crippen LogP contribution is 2.32. The highest BCUT2D eigenvalue weighted by atomic mass is 16.3. The van der Waals surface area contributed by atoms with Gasteiger partial charge in [-0.3, -0.25) is 4.90 Å². The van der Waals surface area contributed by atoms with Crippen LogP contribution in [0.15, 0.2) is 22.8 Å². The summed E-state index contributed by atoms with van der Waals surface area (Å²) in [7, 11) is 0. The molecule has 3 nitrogen and oxygen atoms in total. The molecule has 1 aliphatic rings. The molecule has 0 aromatic carbocycles. The van der Waals surface area contributed by atoms with Crippen LogP contribution in [0.4, 0.5) is 0 Å². The van der Waals surface area contributed by atoms with E-state index in [1.807, 2.05) is 12.1 Å². The summed E-state index contributed by atoms with van der Waals surface area (Å²) in [5.74, 6) is 1.21. The molecule has 1 unspecified atom stereocenters. The molecule has 0 radical (unpaired) electrons. The molecule has 1 aromatic rings. The van der Waals surface area contributed by atoms with Crippen molar-refractivity contribution in [2.45, 2.75) is 38.8 Å². The average molecular weight is 218 g/mol. The van der Waals surface area contributed by atoms with Crippen LogP contribution in [0.25, 0.3) is 0 Å². The van der Waals surface area contributed by atoms with Crippen molar-refractivity contribution in [3.05, 3.63) is 24.2 Å². The molecular formula is C13H18N2O. The first-order chi connectivity index (χ1) is 7.62. The largest absolute Gasteiger partial charge is 0.468 e. The lowest BCUT2D eigenvalue weighted by molar-refractivity contribution is 0.0467. The molecule has 0 amide bonds. The van der Waals surface area contributed by atoms with Crippen LogP contribution in [0.5, 0.6) is 0 Å². The van der Waals surface area contributed by atoms with Crippen molar-refractivity contribution >= 4 is 0 Å². The van der Waals surface area contributed by atoms with Crippen molar-refractivity contribution < 1.29 is 4.42 Å². The highest BCUT2D eigenvalue weighted by molar-refractivity contribution is 5.02. The first-order valence-corrected chi connectivity index (χ1v) is 5.79. The Morgan fingerprint density at radius 3 is 3.00 bits per heavy atom. The number of rotatable bonds is 2. The molecule has 0 saturated carbocycles. The Labute approximate surface area is 96.7 Å². The first-order valence-electron chi connectivity index (χ1n) is 5.79. The van der Waals surface area contributed by atoms with E-state index in [0.717, 1.165) is 31.7 Å². The maximum atomic E-state index is 8.98. The van der Waals surface area contributed by atoms with Gasteiger partial charge in [0.05, 0.1) is 18.9 Å². The van der Waals surface area contributed by atoms with Gasteiger partial charge in [0.25, 0.3) is 0 Å². The molecule has 1 fully saturated rings. The van der Waals surface area contributed by atoms with Crippen LogP contribution in [-0.4, -0.2) is 17.0 Å². The van der Waals surface area contributed by atoms with Crippen molar-refractivity contribution in [2.75, 3.05) is 6.54 Å². The fraction of sp³-hybridized carbons (Fsp3) is 0.615. The topological polar surface area (TPSA) is 40.2 Å². The summed E-state index contributed by atoms with van der Waals surface area (Å²) in [6.07, 6.45) is 3.63. The molecule has 1 atom stereocenters. The van der Waals surface area contributed by atoms with Crippen LogP contribution >= 0.6 is 0 Å². The minimum absolute atomic E-state index is 0.0887. The zero-order valence-electron chi connectivity index (χ0n) is 9.94. The standard InChI is InChI=1S/C13H18N2O/c1-13(2)8-11(9-14)5-6-15(13)10-12-4-3-7-16-12/h3-4,7,11H,5-6,8,10H2,1-2H3. The minimum Gasteiger partial charge on any atom is -0.468 e. The molecule has 1 saturated heterocycles. The number of likely N-dealkylation sites (tertiary alicyclic amines) is 1. The molecule has 0 spiro atoms. The van der Waals surface area contributed by atoms with Gasteiger partial charge in [0.1, 0.15) is 5.76 Å². The number of hydrogen-bond acceptors (Lipinski definition) is 3. The van der Waals surface area contributed by atoms with Crippen LogP contribution in [0.1, 0.15) is 32.4 Å². The predicted octanol–water partition coefficient (Wildman–Crippen LogP) is 2.79. The van der Waals surface area contributed by atoms with Gasteiger partial charge in [-0.25, -0.2) is 0 Å². The third kappa shape index (κ3) is 2.28. The normalized spacial score (nSPS) is 25.2. The van der Waals surface area contributed by atoms with E-state index in [1.54, 1.807) is 6.26 Å². The van der Waals surface area contributed by atoms with E-state index in [2.05, 4.69) is 24.8 Å². The van der Waals surface area contributed by atoms with Gasteiger partial charge < -0.3 is 4.42 Å². The van der Waals surface area contributed by atoms with E-state index in [-0.39, 0.29) is 11.5 Å². The smallest absolute Gasteiger partial charge is 0.117 e. The van der Waals surface area contributed by atoms with Crippen molar-refractivity contribution in [3.8, 4) is 6.07 Å². The number of furan rings is 1. The second kappa shape index (κ2) is 4.31. The summed E-state index contributed by atoms with van der Waals surface area (Å²) in [5, 5.41) is 8.98. The minimum atomic E-state index is 0.0887. The zero-order valence-corrected chi connectivity index (χ0v) is 9.94. The number of nitriles is 1. The molecule has 2 rings (SSSR count). The third-order valence-corrected chi connectivity index (χ3v) is 3.46. The van der Waals surface area contributed by atoms with Crippen LogP contribution in [0.2, 0.25) is 0 Å². The van der Waals surface area contributed by atoms with Crippen LogP contribution in [0.3, 0.4) is 0 Å². The summed E-state index contributed by atoms with van der Waals surface area (Å²) >= 11 is 0. The summed E-state index contributed by atoms with van der Waals surface area (Å²) in [6, 6.07) is 6.32. The fourth-order valence-corrected chi connectivity index (χ4v) is 2.44. The summed E-state index contributed by atoms with van der Waals surface area (Å²) < 4.78 is 5.38. The van der Waals surface area contributed by atoms with E-state index in [4.69, 9.17) is 9.68 Å². The van der Waals surface area contributed by atoms with Gasteiger partial charge in [-0.1, -0.05) is 0 Å². The Hall–Kier alpha value is -1.27. The molecule has 1 aromatic heterocycles. The molecule has 3 heteroatoms. The predicted molar refractivity (Wildman–Crippen MR) is 61.5 cm³/mol. The number of nitrogens with zero attached hydrogens (tertiary/aromatic N) is 2. The number of piperidine rings is 1. The molecule has 0 bridgehead atoms. The Kier molecular flexibility index (Phi) is 3.02. The number of hydrogen-bond donors (Lipinski definition) is 0. The second-order valence-electron chi connectivity index (χ2n) is 5.13. The Balaban J connectivity index is 2.03. The molecule has 2 heterocycles. The zero-order chi connectivity index (χ0) is 11.6. The Bertz CT molecular complexity index is 375. The van der Waals surface area contributed by atoms with E-state index in [1.165, 1.54) is 0 Å². The maximum absolute atomic E-state index is 8.98.